The Morgan fingerprint density at radius 1 is 0.767 bits per heavy atom. The van der Waals surface area contributed by atoms with Gasteiger partial charge in [-0.1, -0.05) is 34.9 Å². The molecule has 0 amide bonds. The summed E-state index contributed by atoms with van der Waals surface area (Å²) < 4.78 is 10.7. The fourth-order valence-electron chi connectivity index (χ4n) is 3.06. The number of allylic oxidation sites excluding steroid dienone is 6. The van der Waals surface area contributed by atoms with E-state index in [1.165, 1.54) is 30.6 Å². The lowest BCUT2D eigenvalue weighted by Crippen LogP contribution is -2.08. The van der Waals surface area contributed by atoms with E-state index in [-0.39, 0.29) is 0 Å². The van der Waals surface area contributed by atoms with Gasteiger partial charge in [0.05, 0.1) is 0 Å². The van der Waals surface area contributed by atoms with E-state index in [4.69, 9.17) is 9.47 Å². The van der Waals surface area contributed by atoms with Gasteiger partial charge in [-0.15, -0.1) is 0 Å². The normalized spacial score (nSPS) is 11.8. The molecule has 0 N–H and O–H groups in total. The van der Waals surface area contributed by atoms with Crippen molar-refractivity contribution in [2.75, 3.05) is 0 Å². The van der Waals surface area contributed by atoms with Gasteiger partial charge in [-0.25, -0.2) is 0 Å². The molecule has 1 aromatic rings. The van der Waals surface area contributed by atoms with Crippen molar-refractivity contribution in [3.05, 3.63) is 58.2 Å². The highest BCUT2D eigenvalue weighted by Gasteiger charge is 2.15. The minimum Gasteiger partial charge on any atom is -0.426 e. The minimum absolute atomic E-state index is 0.398. The van der Waals surface area contributed by atoms with Gasteiger partial charge in [0, 0.05) is 19.4 Å². The lowest BCUT2D eigenvalue weighted by Gasteiger charge is -2.14. The van der Waals surface area contributed by atoms with Gasteiger partial charge >= 0.3 is 11.9 Å². The molecule has 1 aromatic carbocycles. The molecule has 164 valence electrons. The van der Waals surface area contributed by atoms with Gasteiger partial charge < -0.3 is 9.47 Å². The fourth-order valence-corrected chi connectivity index (χ4v) is 3.06. The summed E-state index contributed by atoms with van der Waals surface area (Å²) in [5, 5.41) is 0. The van der Waals surface area contributed by atoms with E-state index in [1.54, 1.807) is 12.1 Å². The Balaban J connectivity index is 2.87. The van der Waals surface area contributed by atoms with Gasteiger partial charge in [-0.05, 0) is 84.4 Å². The van der Waals surface area contributed by atoms with Crippen LogP contribution in [0.5, 0.6) is 11.5 Å². The van der Waals surface area contributed by atoms with E-state index >= 15 is 0 Å². The third kappa shape index (κ3) is 10.2. The number of benzene rings is 1. The number of carbonyl (C=O) groups excluding carboxylic acids is 2. The first-order valence-corrected chi connectivity index (χ1v) is 10.5. The third-order valence-electron chi connectivity index (χ3n) is 4.60. The molecule has 0 radical (unpaired) electrons. The smallest absolute Gasteiger partial charge is 0.308 e. The van der Waals surface area contributed by atoms with Gasteiger partial charge in [0.15, 0.2) is 0 Å². The second-order valence-electron chi connectivity index (χ2n) is 8.09. The van der Waals surface area contributed by atoms with Crippen LogP contribution < -0.4 is 9.47 Å². The zero-order chi connectivity index (χ0) is 22.7. The van der Waals surface area contributed by atoms with Crippen molar-refractivity contribution in [1.29, 1.82) is 0 Å². The maximum atomic E-state index is 11.5. The highest BCUT2D eigenvalue weighted by Crippen LogP contribution is 2.32. The number of aryl methyl sites for hydroxylation is 1. The summed E-state index contributed by atoms with van der Waals surface area (Å²) in [7, 11) is 0. The molecule has 0 aromatic heterocycles. The Bertz CT molecular complexity index is 800. The first-order chi connectivity index (χ1) is 14.1. The molecule has 0 atom stereocenters. The van der Waals surface area contributed by atoms with E-state index in [1.807, 2.05) is 6.92 Å². The van der Waals surface area contributed by atoms with Gasteiger partial charge in [0.25, 0.3) is 0 Å². The Kier molecular flexibility index (Phi) is 10.9. The molecule has 1 rings (SSSR count). The third-order valence-corrected chi connectivity index (χ3v) is 4.60. The Morgan fingerprint density at radius 2 is 1.23 bits per heavy atom. The quantitative estimate of drug-likeness (QED) is 0.241. The highest BCUT2D eigenvalue weighted by atomic mass is 16.5. The van der Waals surface area contributed by atoms with Crippen molar-refractivity contribution in [3.8, 4) is 11.5 Å². The molecular formula is C26H36O4. The summed E-state index contributed by atoms with van der Waals surface area (Å²) >= 11 is 0. The maximum Gasteiger partial charge on any atom is 0.308 e. The van der Waals surface area contributed by atoms with Crippen LogP contribution in [0.25, 0.3) is 0 Å². The lowest BCUT2D eigenvalue weighted by molar-refractivity contribution is -0.132. The molecule has 0 fully saturated rings. The van der Waals surface area contributed by atoms with E-state index in [0.717, 1.165) is 31.2 Å². The maximum absolute atomic E-state index is 11.5. The zero-order valence-corrected chi connectivity index (χ0v) is 19.6. The molecule has 4 heteroatoms. The second kappa shape index (κ2) is 12.8. The summed E-state index contributed by atoms with van der Waals surface area (Å²) in [5.74, 6) is 0.0886. The van der Waals surface area contributed by atoms with E-state index in [0.29, 0.717) is 23.5 Å². The summed E-state index contributed by atoms with van der Waals surface area (Å²) in [6, 6.07) is 3.59. The monoisotopic (exact) mass is 412 g/mol. The number of ether oxygens (including phenoxy) is 2. The number of carbonyl (C=O) groups is 2. The lowest BCUT2D eigenvalue weighted by atomic mass is 10.0. The summed E-state index contributed by atoms with van der Waals surface area (Å²) in [5.41, 5.74) is 5.58. The number of hydrogen-bond acceptors (Lipinski definition) is 4. The Morgan fingerprint density at radius 3 is 1.70 bits per heavy atom. The number of rotatable bonds is 10. The van der Waals surface area contributed by atoms with Crippen LogP contribution in [-0.2, 0) is 16.0 Å². The van der Waals surface area contributed by atoms with Crippen LogP contribution in [0.15, 0.2) is 47.1 Å². The minimum atomic E-state index is -0.398. The van der Waals surface area contributed by atoms with Crippen LogP contribution in [0, 0.1) is 6.92 Å². The predicted molar refractivity (Wildman–Crippen MR) is 123 cm³/mol. The summed E-state index contributed by atoms with van der Waals surface area (Å²) in [6.07, 6.45) is 11.3. The predicted octanol–water partition coefficient (Wildman–Crippen LogP) is 6.81. The van der Waals surface area contributed by atoms with Crippen molar-refractivity contribution in [3.63, 3.8) is 0 Å². The first kappa shape index (κ1) is 25.4. The summed E-state index contributed by atoms with van der Waals surface area (Å²) in [4.78, 5) is 23.0. The van der Waals surface area contributed by atoms with E-state index in [9.17, 15) is 9.59 Å². The number of hydrogen-bond donors (Lipinski definition) is 0. The molecule has 0 aliphatic heterocycles. The molecule has 0 unspecified atom stereocenters. The standard InChI is InChI=1S/C26H36O4/c1-18(2)10-8-11-19(3)12-9-13-20(4)14-15-24-25(29-22(6)27)16-21(5)17-26(24)30-23(7)28/h10,12,14,16-17H,8-9,11,13,15H2,1-7H3/b19-12+,20-14+. The van der Waals surface area contributed by atoms with Crippen molar-refractivity contribution in [2.45, 2.75) is 80.6 Å². The molecule has 0 heterocycles. The van der Waals surface area contributed by atoms with Crippen molar-refractivity contribution in [1.82, 2.24) is 0 Å². The van der Waals surface area contributed by atoms with Crippen LogP contribution in [0.2, 0.25) is 0 Å². The SMILES string of the molecule is CC(=O)Oc1cc(C)cc(OC(C)=O)c1C/C=C(\C)CC/C=C(\C)CCC=C(C)C. The second-order valence-corrected chi connectivity index (χ2v) is 8.09. The largest absolute Gasteiger partial charge is 0.426 e. The van der Waals surface area contributed by atoms with E-state index in [2.05, 4.69) is 45.9 Å². The van der Waals surface area contributed by atoms with Crippen LogP contribution in [0.3, 0.4) is 0 Å². The van der Waals surface area contributed by atoms with Crippen molar-refractivity contribution in [2.24, 2.45) is 0 Å². The molecule has 0 spiro atoms. The highest BCUT2D eigenvalue weighted by molar-refractivity contribution is 5.73. The molecule has 0 saturated heterocycles. The van der Waals surface area contributed by atoms with Crippen LogP contribution >= 0.6 is 0 Å². The van der Waals surface area contributed by atoms with Crippen molar-refractivity contribution >= 4 is 11.9 Å². The van der Waals surface area contributed by atoms with Crippen LogP contribution in [0.1, 0.15) is 78.4 Å². The topological polar surface area (TPSA) is 52.6 Å². The van der Waals surface area contributed by atoms with Gasteiger partial charge in [-0.2, -0.15) is 0 Å². The fraction of sp³-hybridized carbons (Fsp3) is 0.462. The Hall–Kier alpha value is -2.62. The van der Waals surface area contributed by atoms with Gasteiger partial charge in [-0.3, -0.25) is 9.59 Å². The summed E-state index contributed by atoms with van der Waals surface area (Å²) in [6.45, 7) is 13.1. The average Bonchev–Trinajstić information content (AvgIpc) is 2.59. The van der Waals surface area contributed by atoms with Crippen LogP contribution in [0.4, 0.5) is 0 Å². The molecule has 0 aliphatic rings. The molecule has 30 heavy (non-hydrogen) atoms. The molecule has 4 nitrogen and oxygen atoms in total. The average molecular weight is 413 g/mol. The van der Waals surface area contributed by atoms with Gasteiger partial charge in [0.2, 0.25) is 0 Å². The molecular weight excluding hydrogens is 376 g/mol. The zero-order valence-electron chi connectivity index (χ0n) is 19.6. The first-order valence-electron chi connectivity index (χ1n) is 10.5. The van der Waals surface area contributed by atoms with Crippen LogP contribution in [-0.4, -0.2) is 11.9 Å². The number of esters is 2. The Labute approximate surface area is 181 Å². The molecule has 0 aliphatic carbocycles. The van der Waals surface area contributed by atoms with Crippen molar-refractivity contribution < 1.29 is 19.1 Å². The van der Waals surface area contributed by atoms with Gasteiger partial charge in [0.1, 0.15) is 11.5 Å². The molecule has 0 bridgehead atoms. The molecule has 0 saturated carbocycles. The van der Waals surface area contributed by atoms with E-state index < -0.39 is 11.9 Å².